The second-order valence-electron chi connectivity index (χ2n) is 2.81. The van der Waals surface area contributed by atoms with E-state index < -0.39 is 17.7 Å². The molecular formula is C9H6ClF3N2O. The van der Waals surface area contributed by atoms with Crippen molar-refractivity contribution in [2.45, 2.75) is 6.18 Å². The first-order valence-electron chi connectivity index (χ1n) is 4.01. The molecule has 0 unspecified atom stereocenters. The number of ketones is 1. The lowest BCUT2D eigenvalue weighted by molar-refractivity contribution is -0.163. The Morgan fingerprint density at radius 1 is 1.25 bits per heavy atom. The molecule has 0 bridgehead atoms. The van der Waals surface area contributed by atoms with Gasteiger partial charge < -0.3 is 5.84 Å². The molecule has 0 aliphatic heterocycles. The number of hydrogen-bond acceptors (Lipinski definition) is 3. The standard InChI is InChI=1S/C9H6ClF3N2O/c10-6-3-1-5(2-4-6)7(15-14)8(16)9(11,12)13/h1-4H,14H2/b15-7-. The fraction of sp³-hybridized carbons (Fsp3) is 0.111. The van der Waals surface area contributed by atoms with Crippen molar-refractivity contribution in [1.82, 2.24) is 0 Å². The number of benzene rings is 1. The van der Waals surface area contributed by atoms with E-state index in [-0.39, 0.29) is 5.56 Å². The van der Waals surface area contributed by atoms with E-state index in [1.165, 1.54) is 24.3 Å². The third-order valence-electron chi connectivity index (χ3n) is 1.72. The van der Waals surface area contributed by atoms with Crippen molar-refractivity contribution in [3.63, 3.8) is 0 Å². The first-order valence-corrected chi connectivity index (χ1v) is 4.39. The van der Waals surface area contributed by atoms with E-state index in [1.54, 1.807) is 0 Å². The summed E-state index contributed by atoms with van der Waals surface area (Å²) in [6.07, 6.45) is -5.00. The normalized spacial score (nSPS) is 12.6. The molecule has 0 aliphatic carbocycles. The number of rotatable bonds is 2. The lowest BCUT2D eigenvalue weighted by Crippen LogP contribution is -2.32. The van der Waals surface area contributed by atoms with Crippen LogP contribution in [0.1, 0.15) is 5.56 Å². The van der Waals surface area contributed by atoms with Gasteiger partial charge in [-0.1, -0.05) is 23.7 Å². The number of Topliss-reactive ketones (excluding diaryl/α,β-unsaturated/α-hetero) is 1. The largest absolute Gasteiger partial charge is 0.456 e. The Hall–Kier alpha value is -1.56. The summed E-state index contributed by atoms with van der Waals surface area (Å²) in [5, 5.41) is 3.19. The van der Waals surface area contributed by atoms with E-state index in [4.69, 9.17) is 17.4 Å². The number of carbonyl (C=O) groups is 1. The Bertz CT molecular complexity index is 425. The highest BCUT2D eigenvalue weighted by Crippen LogP contribution is 2.20. The second-order valence-corrected chi connectivity index (χ2v) is 3.25. The zero-order valence-electron chi connectivity index (χ0n) is 7.75. The molecule has 7 heteroatoms. The van der Waals surface area contributed by atoms with Crippen molar-refractivity contribution in [2.24, 2.45) is 10.9 Å². The number of hydrogen-bond donors (Lipinski definition) is 1. The Kier molecular flexibility index (Phi) is 3.54. The van der Waals surface area contributed by atoms with E-state index in [0.717, 1.165) is 0 Å². The number of hydrazone groups is 1. The molecule has 16 heavy (non-hydrogen) atoms. The van der Waals surface area contributed by atoms with E-state index in [2.05, 4.69) is 5.10 Å². The third-order valence-corrected chi connectivity index (χ3v) is 1.97. The predicted octanol–water partition coefficient (Wildman–Crippen LogP) is 2.13. The molecule has 0 atom stereocenters. The molecule has 1 aromatic carbocycles. The summed E-state index contributed by atoms with van der Waals surface area (Å²) >= 11 is 5.55. The number of carbonyl (C=O) groups excluding carboxylic acids is 1. The summed E-state index contributed by atoms with van der Waals surface area (Å²) in [6.45, 7) is 0. The lowest BCUT2D eigenvalue weighted by Gasteiger charge is -2.07. The Labute approximate surface area is 93.7 Å². The van der Waals surface area contributed by atoms with Crippen LogP contribution in [0.15, 0.2) is 29.4 Å². The Morgan fingerprint density at radius 2 is 1.75 bits per heavy atom. The van der Waals surface area contributed by atoms with Gasteiger partial charge in [-0.2, -0.15) is 18.3 Å². The van der Waals surface area contributed by atoms with E-state index in [0.29, 0.717) is 5.02 Å². The fourth-order valence-corrected chi connectivity index (χ4v) is 1.13. The maximum atomic E-state index is 12.1. The third kappa shape index (κ3) is 2.73. The molecule has 2 N–H and O–H groups in total. The molecule has 0 saturated carbocycles. The minimum absolute atomic E-state index is 0.0331. The van der Waals surface area contributed by atoms with Crippen molar-refractivity contribution in [3.8, 4) is 0 Å². The summed E-state index contributed by atoms with van der Waals surface area (Å²) in [6, 6.07) is 5.15. The van der Waals surface area contributed by atoms with E-state index >= 15 is 0 Å². The molecule has 0 heterocycles. The van der Waals surface area contributed by atoms with Crippen LogP contribution in [0.2, 0.25) is 5.02 Å². The SMILES string of the molecule is N/N=C(\C(=O)C(F)(F)F)c1ccc(Cl)cc1. The summed E-state index contributed by atoms with van der Waals surface area (Å²) in [5.74, 6) is 2.69. The highest BCUT2D eigenvalue weighted by atomic mass is 35.5. The van der Waals surface area contributed by atoms with Gasteiger partial charge in [-0.3, -0.25) is 4.79 Å². The lowest BCUT2D eigenvalue weighted by atomic mass is 10.1. The number of nitrogens with two attached hydrogens (primary N) is 1. The van der Waals surface area contributed by atoms with Crippen molar-refractivity contribution in [1.29, 1.82) is 0 Å². The molecule has 0 fully saturated rings. The van der Waals surface area contributed by atoms with Crippen LogP contribution in [0.5, 0.6) is 0 Å². The van der Waals surface area contributed by atoms with Crippen molar-refractivity contribution in [2.75, 3.05) is 0 Å². The average Bonchev–Trinajstić information content (AvgIpc) is 2.20. The molecular weight excluding hydrogens is 245 g/mol. The zero-order valence-corrected chi connectivity index (χ0v) is 8.51. The van der Waals surface area contributed by atoms with Crippen LogP contribution in [-0.4, -0.2) is 17.7 Å². The first-order chi connectivity index (χ1) is 7.36. The van der Waals surface area contributed by atoms with Crippen molar-refractivity contribution >= 4 is 23.1 Å². The average molecular weight is 251 g/mol. The molecule has 0 spiro atoms. The van der Waals surface area contributed by atoms with Gasteiger partial charge >= 0.3 is 6.18 Å². The van der Waals surface area contributed by atoms with Crippen molar-refractivity contribution in [3.05, 3.63) is 34.9 Å². The van der Waals surface area contributed by atoms with Gasteiger partial charge in [-0.25, -0.2) is 0 Å². The van der Waals surface area contributed by atoms with Gasteiger partial charge in [-0.05, 0) is 12.1 Å². The van der Waals surface area contributed by atoms with Crippen LogP contribution >= 0.6 is 11.6 Å². The van der Waals surface area contributed by atoms with Gasteiger partial charge in [0, 0.05) is 10.6 Å². The smallest absolute Gasteiger partial charge is 0.323 e. The molecule has 3 nitrogen and oxygen atoms in total. The minimum Gasteiger partial charge on any atom is -0.323 e. The van der Waals surface area contributed by atoms with Crippen LogP contribution in [0.3, 0.4) is 0 Å². The van der Waals surface area contributed by atoms with Gasteiger partial charge in [0.1, 0.15) is 5.71 Å². The second kappa shape index (κ2) is 4.52. The Balaban J connectivity index is 3.10. The van der Waals surface area contributed by atoms with Crippen LogP contribution in [0, 0.1) is 0 Å². The van der Waals surface area contributed by atoms with Crippen LogP contribution in [0.4, 0.5) is 13.2 Å². The Morgan fingerprint density at radius 3 is 2.12 bits per heavy atom. The minimum atomic E-state index is -5.00. The topological polar surface area (TPSA) is 55.4 Å². The van der Waals surface area contributed by atoms with Gasteiger partial charge in [0.2, 0.25) is 0 Å². The monoisotopic (exact) mass is 250 g/mol. The highest BCUT2D eigenvalue weighted by molar-refractivity contribution is 6.48. The molecule has 1 rings (SSSR count). The number of alkyl halides is 3. The van der Waals surface area contributed by atoms with Crippen molar-refractivity contribution < 1.29 is 18.0 Å². The molecule has 0 radical (unpaired) electrons. The number of nitrogens with zero attached hydrogens (tertiary/aromatic N) is 1. The van der Waals surface area contributed by atoms with E-state index in [1.807, 2.05) is 0 Å². The summed E-state index contributed by atoms with van der Waals surface area (Å²) < 4.78 is 36.4. The van der Waals surface area contributed by atoms with Crippen LogP contribution in [0.25, 0.3) is 0 Å². The molecule has 0 saturated heterocycles. The van der Waals surface area contributed by atoms with E-state index in [9.17, 15) is 18.0 Å². The van der Waals surface area contributed by atoms with Gasteiger partial charge in [0.15, 0.2) is 0 Å². The molecule has 1 aromatic rings. The van der Waals surface area contributed by atoms with Gasteiger partial charge in [0.05, 0.1) is 0 Å². The number of halogens is 4. The van der Waals surface area contributed by atoms with Crippen LogP contribution in [-0.2, 0) is 4.79 Å². The quantitative estimate of drug-likeness (QED) is 0.497. The summed E-state index contributed by atoms with van der Waals surface area (Å²) in [4.78, 5) is 10.9. The zero-order chi connectivity index (χ0) is 12.3. The van der Waals surface area contributed by atoms with Crippen LogP contribution < -0.4 is 5.84 Å². The fourth-order valence-electron chi connectivity index (χ4n) is 1.01. The molecule has 0 aliphatic rings. The first kappa shape index (κ1) is 12.5. The van der Waals surface area contributed by atoms with Gasteiger partial charge in [0.25, 0.3) is 5.78 Å². The molecule has 86 valence electrons. The predicted molar refractivity (Wildman–Crippen MR) is 53.2 cm³/mol. The molecule has 0 aromatic heterocycles. The maximum Gasteiger partial charge on any atom is 0.456 e. The molecule has 0 amide bonds. The van der Waals surface area contributed by atoms with Gasteiger partial charge in [-0.15, -0.1) is 0 Å². The summed E-state index contributed by atoms with van der Waals surface area (Å²) in [7, 11) is 0. The maximum absolute atomic E-state index is 12.1. The highest BCUT2D eigenvalue weighted by Gasteiger charge is 2.42. The summed E-state index contributed by atoms with van der Waals surface area (Å²) in [5.41, 5.74) is -0.876.